The van der Waals surface area contributed by atoms with E-state index in [0.717, 1.165) is 32.1 Å². The predicted octanol–water partition coefficient (Wildman–Crippen LogP) is 2.39. The number of carboxylic acids is 1. The quantitative estimate of drug-likeness (QED) is 0.804. The minimum Gasteiger partial charge on any atom is -0.493 e. The molecule has 1 aromatic carbocycles. The zero-order valence-corrected chi connectivity index (χ0v) is 10.8. The highest BCUT2D eigenvalue weighted by molar-refractivity contribution is 5.90. The van der Waals surface area contributed by atoms with E-state index < -0.39 is 11.8 Å². The van der Waals surface area contributed by atoms with Gasteiger partial charge in [-0.25, -0.2) is 9.18 Å². The Labute approximate surface area is 111 Å². The van der Waals surface area contributed by atoms with Crippen LogP contribution >= 0.6 is 0 Å². The maximum atomic E-state index is 13.0. The van der Waals surface area contributed by atoms with Crippen molar-refractivity contribution in [2.75, 3.05) is 26.2 Å². The first-order valence-electron chi connectivity index (χ1n) is 6.55. The van der Waals surface area contributed by atoms with Crippen molar-refractivity contribution in [1.29, 1.82) is 0 Å². The monoisotopic (exact) mass is 267 g/mol. The van der Waals surface area contributed by atoms with Crippen molar-refractivity contribution in [3.05, 3.63) is 29.6 Å². The first-order chi connectivity index (χ1) is 9.16. The van der Waals surface area contributed by atoms with E-state index in [1.807, 2.05) is 0 Å². The van der Waals surface area contributed by atoms with Crippen LogP contribution in [-0.2, 0) is 0 Å². The highest BCUT2D eigenvalue weighted by Gasteiger charge is 2.13. The summed E-state index contributed by atoms with van der Waals surface area (Å²) in [6.45, 7) is 3.68. The molecule has 0 unspecified atom stereocenters. The van der Waals surface area contributed by atoms with Gasteiger partial charge in [0, 0.05) is 6.54 Å². The van der Waals surface area contributed by atoms with Crippen LogP contribution in [0.1, 0.15) is 29.6 Å². The first-order valence-corrected chi connectivity index (χ1v) is 6.55. The number of ether oxygens (including phenoxy) is 1. The predicted molar refractivity (Wildman–Crippen MR) is 69.1 cm³/mol. The normalized spacial score (nSPS) is 15.6. The minimum atomic E-state index is -1.17. The van der Waals surface area contributed by atoms with Crippen molar-refractivity contribution in [3.63, 3.8) is 0 Å². The van der Waals surface area contributed by atoms with Crippen molar-refractivity contribution in [3.8, 4) is 5.75 Å². The number of carbonyl (C=O) groups is 1. The maximum Gasteiger partial charge on any atom is 0.339 e. The molecule has 0 atom stereocenters. The number of halogens is 1. The van der Waals surface area contributed by atoms with Gasteiger partial charge in [0.05, 0.1) is 6.61 Å². The minimum absolute atomic E-state index is 0.124. The van der Waals surface area contributed by atoms with Gasteiger partial charge in [0.2, 0.25) is 0 Å². The number of nitrogens with zero attached hydrogens (tertiary/aromatic N) is 1. The lowest BCUT2D eigenvalue weighted by Gasteiger charge is -2.15. The van der Waals surface area contributed by atoms with E-state index in [2.05, 4.69) is 4.90 Å². The van der Waals surface area contributed by atoms with E-state index >= 15 is 0 Å². The smallest absolute Gasteiger partial charge is 0.339 e. The van der Waals surface area contributed by atoms with E-state index in [4.69, 9.17) is 9.84 Å². The molecule has 0 saturated carbocycles. The molecule has 2 rings (SSSR count). The van der Waals surface area contributed by atoms with Crippen molar-refractivity contribution in [2.24, 2.45) is 0 Å². The van der Waals surface area contributed by atoms with E-state index in [1.165, 1.54) is 25.0 Å². The summed E-state index contributed by atoms with van der Waals surface area (Å²) in [5.41, 5.74) is -0.124. The molecular weight excluding hydrogens is 249 g/mol. The molecule has 1 saturated heterocycles. The summed E-state index contributed by atoms with van der Waals surface area (Å²) in [5.74, 6) is -1.51. The van der Waals surface area contributed by atoms with E-state index in [0.29, 0.717) is 6.61 Å². The highest BCUT2D eigenvalue weighted by atomic mass is 19.1. The van der Waals surface area contributed by atoms with Gasteiger partial charge in [0.15, 0.2) is 0 Å². The molecule has 0 amide bonds. The first kappa shape index (κ1) is 13.8. The molecule has 1 heterocycles. The van der Waals surface area contributed by atoms with Gasteiger partial charge in [0.25, 0.3) is 0 Å². The summed E-state index contributed by atoms with van der Waals surface area (Å²) < 4.78 is 18.4. The molecule has 5 heteroatoms. The van der Waals surface area contributed by atoms with Crippen molar-refractivity contribution >= 4 is 5.97 Å². The second-order valence-corrected chi connectivity index (χ2v) is 4.70. The second kappa shape index (κ2) is 6.52. The zero-order valence-electron chi connectivity index (χ0n) is 10.8. The van der Waals surface area contributed by atoms with Crippen LogP contribution in [0.2, 0.25) is 0 Å². The van der Waals surface area contributed by atoms with E-state index in [9.17, 15) is 9.18 Å². The SMILES string of the molecule is O=C(O)c1cc(F)ccc1OCCCN1CCCC1. The van der Waals surface area contributed by atoms with Gasteiger partial charge in [-0.15, -0.1) is 0 Å². The number of aromatic carboxylic acids is 1. The van der Waals surface area contributed by atoms with Gasteiger partial charge in [0.1, 0.15) is 17.1 Å². The average molecular weight is 267 g/mol. The Balaban J connectivity index is 1.83. The molecule has 1 aromatic rings. The van der Waals surface area contributed by atoms with Crippen LogP contribution in [-0.4, -0.2) is 42.2 Å². The zero-order chi connectivity index (χ0) is 13.7. The van der Waals surface area contributed by atoms with Gasteiger partial charge in [-0.05, 0) is 50.6 Å². The molecular formula is C14H18FNO3. The summed E-state index contributed by atoms with van der Waals surface area (Å²) in [4.78, 5) is 13.3. The molecule has 104 valence electrons. The molecule has 0 radical (unpaired) electrons. The van der Waals surface area contributed by atoms with Crippen molar-refractivity contribution in [2.45, 2.75) is 19.3 Å². The third-order valence-corrected chi connectivity index (χ3v) is 3.25. The summed E-state index contributed by atoms with van der Waals surface area (Å²) >= 11 is 0. The van der Waals surface area contributed by atoms with Gasteiger partial charge >= 0.3 is 5.97 Å². The molecule has 19 heavy (non-hydrogen) atoms. The summed E-state index contributed by atoms with van der Waals surface area (Å²) in [5, 5.41) is 8.96. The lowest BCUT2D eigenvalue weighted by Crippen LogP contribution is -2.22. The van der Waals surface area contributed by atoms with Gasteiger partial charge in [-0.1, -0.05) is 0 Å². The van der Waals surface area contributed by atoms with Crippen LogP contribution in [0.25, 0.3) is 0 Å². The summed E-state index contributed by atoms with van der Waals surface area (Å²) in [6, 6.07) is 3.56. The molecule has 4 nitrogen and oxygen atoms in total. The third kappa shape index (κ3) is 3.92. The van der Waals surface area contributed by atoms with Crippen LogP contribution in [0.3, 0.4) is 0 Å². The molecule has 0 bridgehead atoms. The number of carboxylic acid groups (broad SMARTS) is 1. The fourth-order valence-electron chi connectivity index (χ4n) is 2.27. The highest BCUT2D eigenvalue weighted by Crippen LogP contribution is 2.20. The Hall–Kier alpha value is -1.62. The van der Waals surface area contributed by atoms with Crippen molar-refractivity contribution < 1.29 is 19.0 Å². The van der Waals surface area contributed by atoms with Gasteiger partial charge in [-0.2, -0.15) is 0 Å². The van der Waals surface area contributed by atoms with Crippen LogP contribution in [0.5, 0.6) is 5.75 Å². The largest absolute Gasteiger partial charge is 0.493 e. The molecule has 0 aromatic heterocycles. The van der Waals surface area contributed by atoms with E-state index in [-0.39, 0.29) is 11.3 Å². The molecule has 1 aliphatic heterocycles. The summed E-state index contributed by atoms with van der Waals surface area (Å²) in [6.07, 6.45) is 3.35. The molecule has 1 N–H and O–H groups in total. The Morgan fingerprint density at radius 3 is 2.79 bits per heavy atom. The standard InChI is InChI=1S/C14H18FNO3/c15-11-4-5-13(12(10-11)14(17)18)19-9-3-8-16-6-1-2-7-16/h4-5,10H,1-3,6-9H2,(H,17,18). The van der Waals surface area contributed by atoms with E-state index in [1.54, 1.807) is 0 Å². The lowest BCUT2D eigenvalue weighted by molar-refractivity contribution is 0.0691. The van der Waals surface area contributed by atoms with Crippen molar-refractivity contribution in [1.82, 2.24) is 4.90 Å². The van der Waals surface area contributed by atoms with Crippen LogP contribution in [0.15, 0.2) is 18.2 Å². The Bertz CT molecular complexity index is 444. The number of rotatable bonds is 6. The fraction of sp³-hybridized carbons (Fsp3) is 0.500. The van der Waals surface area contributed by atoms with Crippen LogP contribution in [0.4, 0.5) is 4.39 Å². The summed E-state index contributed by atoms with van der Waals surface area (Å²) in [7, 11) is 0. The number of hydrogen-bond acceptors (Lipinski definition) is 3. The Morgan fingerprint density at radius 2 is 2.11 bits per heavy atom. The Kier molecular flexibility index (Phi) is 4.74. The van der Waals surface area contributed by atoms with Crippen LogP contribution < -0.4 is 4.74 Å². The fourth-order valence-corrected chi connectivity index (χ4v) is 2.27. The van der Waals surface area contributed by atoms with Gasteiger partial charge < -0.3 is 14.7 Å². The second-order valence-electron chi connectivity index (χ2n) is 4.70. The molecule has 1 aliphatic rings. The van der Waals surface area contributed by atoms with Gasteiger partial charge in [-0.3, -0.25) is 0 Å². The molecule has 1 fully saturated rings. The lowest BCUT2D eigenvalue weighted by atomic mass is 10.2. The number of hydrogen-bond donors (Lipinski definition) is 1. The molecule has 0 aliphatic carbocycles. The number of benzene rings is 1. The Morgan fingerprint density at radius 1 is 1.37 bits per heavy atom. The topological polar surface area (TPSA) is 49.8 Å². The average Bonchev–Trinajstić information content (AvgIpc) is 2.89. The third-order valence-electron chi connectivity index (χ3n) is 3.25. The molecule has 0 spiro atoms. The van der Waals surface area contributed by atoms with Crippen LogP contribution in [0, 0.1) is 5.82 Å². The maximum absolute atomic E-state index is 13.0. The number of likely N-dealkylation sites (tertiary alicyclic amines) is 1.